The van der Waals surface area contributed by atoms with Crippen LogP contribution in [0.4, 0.5) is 4.79 Å². The number of amides is 2. The van der Waals surface area contributed by atoms with Crippen molar-refractivity contribution in [3.63, 3.8) is 0 Å². The predicted octanol–water partition coefficient (Wildman–Crippen LogP) is 0.410. The van der Waals surface area contributed by atoms with Gasteiger partial charge in [0.15, 0.2) is 9.84 Å². The third kappa shape index (κ3) is 3.92. The Morgan fingerprint density at radius 1 is 1.47 bits per heavy atom. The third-order valence-corrected chi connectivity index (χ3v) is 4.84. The number of rotatable bonds is 3. The van der Waals surface area contributed by atoms with Crippen molar-refractivity contribution in [3.05, 3.63) is 30.1 Å². The van der Waals surface area contributed by atoms with Crippen LogP contribution in [-0.4, -0.2) is 48.9 Å². The molecule has 0 aromatic carbocycles. The largest absolute Gasteiger partial charge is 0.334 e. The Labute approximate surface area is 112 Å². The normalized spacial score (nSPS) is 21.0. The Balaban J connectivity index is 1.86. The Morgan fingerprint density at radius 2 is 2.16 bits per heavy atom. The zero-order valence-corrected chi connectivity index (χ0v) is 11.6. The van der Waals surface area contributed by atoms with E-state index in [2.05, 4.69) is 10.3 Å². The second-order valence-corrected chi connectivity index (χ2v) is 6.99. The summed E-state index contributed by atoms with van der Waals surface area (Å²) in [6, 6.07) is 3.16. The number of nitrogens with zero attached hydrogens (tertiary/aromatic N) is 2. The SMILES string of the molecule is CN(Cc1ccncc1)C(=O)N[C@@H]1CCS(=O)(=O)C1. The molecule has 0 saturated carbocycles. The van der Waals surface area contributed by atoms with Gasteiger partial charge in [-0.25, -0.2) is 13.2 Å². The second-order valence-electron chi connectivity index (χ2n) is 4.76. The van der Waals surface area contributed by atoms with E-state index in [0.717, 1.165) is 5.56 Å². The third-order valence-electron chi connectivity index (χ3n) is 3.08. The van der Waals surface area contributed by atoms with Crippen LogP contribution in [0.25, 0.3) is 0 Å². The lowest BCUT2D eigenvalue weighted by atomic mass is 10.2. The molecule has 6 nitrogen and oxygen atoms in total. The lowest BCUT2D eigenvalue weighted by Crippen LogP contribution is -2.43. The number of hydrogen-bond acceptors (Lipinski definition) is 4. The highest BCUT2D eigenvalue weighted by molar-refractivity contribution is 7.91. The van der Waals surface area contributed by atoms with Crippen molar-refractivity contribution in [2.24, 2.45) is 0 Å². The quantitative estimate of drug-likeness (QED) is 0.871. The molecule has 1 N–H and O–H groups in total. The standard InChI is InChI=1S/C12H17N3O3S/c1-15(8-10-2-5-13-6-3-10)12(16)14-11-4-7-19(17,18)9-11/h2-3,5-6,11H,4,7-9H2,1H3,(H,14,16)/t11-/m1/s1. The van der Waals surface area contributed by atoms with E-state index in [4.69, 9.17) is 0 Å². The van der Waals surface area contributed by atoms with Crippen molar-refractivity contribution in [1.29, 1.82) is 0 Å². The lowest BCUT2D eigenvalue weighted by Gasteiger charge is -2.20. The van der Waals surface area contributed by atoms with Gasteiger partial charge in [0.25, 0.3) is 0 Å². The van der Waals surface area contributed by atoms with Crippen molar-refractivity contribution in [3.8, 4) is 0 Å². The monoisotopic (exact) mass is 283 g/mol. The van der Waals surface area contributed by atoms with E-state index in [0.29, 0.717) is 13.0 Å². The van der Waals surface area contributed by atoms with Gasteiger partial charge in [-0.05, 0) is 24.1 Å². The van der Waals surface area contributed by atoms with Crippen LogP contribution in [0.15, 0.2) is 24.5 Å². The van der Waals surface area contributed by atoms with Crippen molar-refractivity contribution in [2.45, 2.75) is 19.0 Å². The van der Waals surface area contributed by atoms with Gasteiger partial charge in [-0.1, -0.05) is 0 Å². The van der Waals surface area contributed by atoms with E-state index in [1.165, 1.54) is 4.90 Å². The number of nitrogens with one attached hydrogen (secondary N) is 1. The van der Waals surface area contributed by atoms with Crippen LogP contribution in [0.1, 0.15) is 12.0 Å². The molecule has 0 radical (unpaired) electrons. The fourth-order valence-electron chi connectivity index (χ4n) is 2.03. The first-order chi connectivity index (χ1) is 8.96. The van der Waals surface area contributed by atoms with Crippen molar-refractivity contribution >= 4 is 15.9 Å². The van der Waals surface area contributed by atoms with E-state index in [1.54, 1.807) is 19.4 Å². The molecule has 1 saturated heterocycles. The van der Waals surface area contributed by atoms with E-state index in [-0.39, 0.29) is 23.6 Å². The molecular formula is C12H17N3O3S. The highest BCUT2D eigenvalue weighted by atomic mass is 32.2. The van der Waals surface area contributed by atoms with Gasteiger partial charge >= 0.3 is 6.03 Å². The number of aromatic nitrogens is 1. The van der Waals surface area contributed by atoms with Crippen LogP contribution in [-0.2, 0) is 16.4 Å². The van der Waals surface area contributed by atoms with Crippen molar-refractivity contribution in [2.75, 3.05) is 18.6 Å². The Hall–Kier alpha value is -1.63. The first kappa shape index (κ1) is 13.8. The van der Waals surface area contributed by atoms with E-state index >= 15 is 0 Å². The van der Waals surface area contributed by atoms with Crippen LogP contribution in [0.2, 0.25) is 0 Å². The Kier molecular flexibility index (Phi) is 4.04. The zero-order chi connectivity index (χ0) is 13.9. The molecule has 1 aliphatic rings. The first-order valence-electron chi connectivity index (χ1n) is 6.07. The molecule has 2 heterocycles. The van der Waals surface area contributed by atoms with Gasteiger partial charge in [0.2, 0.25) is 0 Å². The summed E-state index contributed by atoms with van der Waals surface area (Å²) in [5.41, 5.74) is 0.978. The minimum Gasteiger partial charge on any atom is -0.334 e. The van der Waals surface area contributed by atoms with Gasteiger partial charge in [0.1, 0.15) is 0 Å². The summed E-state index contributed by atoms with van der Waals surface area (Å²) < 4.78 is 22.6. The number of pyridine rings is 1. The Morgan fingerprint density at radius 3 is 2.74 bits per heavy atom. The van der Waals surface area contributed by atoms with Crippen LogP contribution < -0.4 is 5.32 Å². The summed E-state index contributed by atoms with van der Waals surface area (Å²) in [7, 11) is -1.29. The fourth-order valence-corrected chi connectivity index (χ4v) is 3.70. The van der Waals surface area contributed by atoms with Crippen LogP contribution in [0.3, 0.4) is 0 Å². The molecule has 0 unspecified atom stereocenters. The topological polar surface area (TPSA) is 79.4 Å². The molecule has 1 aromatic rings. The highest BCUT2D eigenvalue weighted by Gasteiger charge is 2.29. The molecule has 1 fully saturated rings. The van der Waals surface area contributed by atoms with E-state index < -0.39 is 9.84 Å². The highest BCUT2D eigenvalue weighted by Crippen LogP contribution is 2.11. The molecular weight excluding hydrogens is 266 g/mol. The molecule has 1 atom stereocenters. The van der Waals surface area contributed by atoms with Crippen LogP contribution >= 0.6 is 0 Å². The smallest absolute Gasteiger partial charge is 0.317 e. The fraction of sp³-hybridized carbons (Fsp3) is 0.500. The van der Waals surface area contributed by atoms with Gasteiger partial charge in [-0.3, -0.25) is 4.98 Å². The maximum absolute atomic E-state index is 11.9. The molecule has 19 heavy (non-hydrogen) atoms. The van der Waals surface area contributed by atoms with Crippen LogP contribution in [0.5, 0.6) is 0 Å². The summed E-state index contributed by atoms with van der Waals surface area (Å²) in [4.78, 5) is 17.4. The summed E-state index contributed by atoms with van der Waals surface area (Å²) >= 11 is 0. The van der Waals surface area contributed by atoms with Gasteiger partial charge < -0.3 is 10.2 Å². The number of sulfone groups is 1. The summed E-state index contributed by atoms with van der Waals surface area (Å²) in [6.07, 6.45) is 3.84. The van der Waals surface area contributed by atoms with Crippen LogP contribution in [0, 0.1) is 0 Å². The van der Waals surface area contributed by atoms with Gasteiger partial charge in [-0.15, -0.1) is 0 Å². The Bertz CT molecular complexity index is 545. The molecule has 0 bridgehead atoms. The molecule has 2 rings (SSSR count). The van der Waals surface area contributed by atoms with Crippen molar-refractivity contribution < 1.29 is 13.2 Å². The van der Waals surface area contributed by atoms with E-state index in [1.807, 2.05) is 12.1 Å². The summed E-state index contributed by atoms with van der Waals surface area (Å²) in [5.74, 6) is 0.202. The van der Waals surface area contributed by atoms with Gasteiger partial charge in [0, 0.05) is 32.0 Å². The molecule has 7 heteroatoms. The number of hydrogen-bond donors (Lipinski definition) is 1. The van der Waals surface area contributed by atoms with E-state index in [9.17, 15) is 13.2 Å². The average Bonchev–Trinajstić information content (AvgIpc) is 2.70. The van der Waals surface area contributed by atoms with Gasteiger partial charge in [-0.2, -0.15) is 0 Å². The molecule has 2 amide bonds. The summed E-state index contributed by atoms with van der Waals surface area (Å²) in [5, 5.41) is 2.75. The minimum atomic E-state index is -2.97. The maximum Gasteiger partial charge on any atom is 0.317 e. The summed E-state index contributed by atoms with van der Waals surface area (Å²) in [6.45, 7) is 0.466. The molecule has 0 aliphatic carbocycles. The average molecular weight is 283 g/mol. The number of urea groups is 1. The second kappa shape index (κ2) is 5.56. The molecule has 0 spiro atoms. The molecule has 104 valence electrons. The maximum atomic E-state index is 11.9. The number of carbonyl (C=O) groups excluding carboxylic acids is 1. The minimum absolute atomic E-state index is 0.0435. The van der Waals surface area contributed by atoms with Gasteiger partial charge in [0.05, 0.1) is 11.5 Å². The molecule has 1 aliphatic heterocycles. The van der Waals surface area contributed by atoms with Crippen molar-refractivity contribution in [1.82, 2.24) is 15.2 Å². The zero-order valence-electron chi connectivity index (χ0n) is 10.7. The molecule has 1 aromatic heterocycles. The number of carbonyl (C=O) groups is 1. The predicted molar refractivity (Wildman–Crippen MR) is 71.3 cm³/mol. The lowest BCUT2D eigenvalue weighted by molar-refractivity contribution is 0.203. The first-order valence-corrected chi connectivity index (χ1v) is 7.89.